The van der Waals surface area contributed by atoms with Gasteiger partial charge in [0.1, 0.15) is 5.70 Å². The molecule has 2 aliphatic heterocycles. The SMILES string of the molecule is CCCNC(=O)C(C)SC1=N/C(=C\c2ccc3c(c2)OCO3)C(=O)N1c1ccc(C)cc1. The predicted octanol–water partition coefficient (Wildman–Crippen LogP) is 4.12. The Hall–Kier alpha value is -3.26. The lowest BCUT2D eigenvalue weighted by Crippen LogP contribution is -2.36. The Morgan fingerprint density at radius 3 is 2.72 bits per heavy atom. The summed E-state index contributed by atoms with van der Waals surface area (Å²) in [6.45, 7) is 6.61. The van der Waals surface area contributed by atoms with E-state index < -0.39 is 5.25 Å². The molecule has 7 nitrogen and oxygen atoms in total. The molecule has 2 heterocycles. The molecule has 8 heteroatoms. The van der Waals surface area contributed by atoms with Gasteiger partial charge >= 0.3 is 0 Å². The van der Waals surface area contributed by atoms with Crippen LogP contribution in [0.1, 0.15) is 31.4 Å². The third-order valence-electron chi connectivity index (χ3n) is 5.02. The monoisotopic (exact) mass is 451 g/mol. The maximum atomic E-state index is 13.3. The Labute approximate surface area is 191 Å². The Morgan fingerprint density at radius 2 is 1.97 bits per heavy atom. The van der Waals surface area contributed by atoms with E-state index >= 15 is 0 Å². The second-order valence-electron chi connectivity index (χ2n) is 7.56. The molecule has 2 aliphatic rings. The third kappa shape index (κ3) is 4.65. The number of aryl methyl sites for hydroxylation is 1. The molecule has 2 amide bonds. The number of fused-ring (bicyclic) bond motifs is 1. The molecule has 32 heavy (non-hydrogen) atoms. The largest absolute Gasteiger partial charge is 0.454 e. The quantitative estimate of drug-likeness (QED) is 0.669. The number of rotatable bonds is 6. The van der Waals surface area contributed by atoms with Crippen molar-refractivity contribution in [3.8, 4) is 11.5 Å². The van der Waals surface area contributed by atoms with E-state index in [4.69, 9.17) is 9.47 Å². The summed E-state index contributed by atoms with van der Waals surface area (Å²) in [5.74, 6) is 0.997. The highest BCUT2D eigenvalue weighted by atomic mass is 32.2. The van der Waals surface area contributed by atoms with Crippen LogP contribution in [0.4, 0.5) is 5.69 Å². The van der Waals surface area contributed by atoms with Gasteiger partial charge in [-0.1, -0.05) is 42.4 Å². The molecule has 1 N–H and O–H groups in total. The van der Waals surface area contributed by atoms with Crippen LogP contribution in [0.3, 0.4) is 0 Å². The van der Waals surface area contributed by atoms with Gasteiger partial charge in [0.05, 0.1) is 10.9 Å². The molecule has 0 aliphatic carbocycles. The van der Waals surface area contributed by atoms with Crippen molar-refractivity contribution in [1.82, 2.24) is 5.32 Å². The Kier molecular flexibility index (Phi) is 6.50. The molecule has 2 aromatic carbocycles. The number of nitrogens with zero attached hydrogens (tertiary/aromatic N) is 2. The molecule has 4 rings (SSSR count). The van der Waals surface area contributed by atoms with Gasteiger partial charge in [0.15, 0.2) is 16.7 Å². The number of ether oxygens (including phenoxy) is 2. The average molecular weight is 452 g/mol. The first-order valence-electron chi connectivity index (χ1n) is 10.5. The van der Waals surface area contributed by atoms with Gasteiger partial charge < -0.3 is 14.8 Å². The maximum Gasteiger partial charge on any atom is 0.283 e. The van der Waals surface area contributed by atoms with Gasteiger partial charge in [-0.15, -0.1) is 0 Å². The smallest absolute Gasteiger partial charge is 0.283 e. The Morgan fingerprint density at radius 1 is 1.22 bits per heavy atom. The predicted molar refractivity (Wildman–Crippen MR) is 127 cm³/mol. The highest BCUT2D eigenvalue weighted by Gasteiger charge is 2.34. The van der Waals surface area contributed by atoms with Crippen molar-refractivity contribution in [1.29, 1.82) is 0 Å². The Bertz CT molecular complexity index is 1090. The number of aliphatic imine (C=N–C) groups is 1. The molecule has 1 atom stereocenters. The van der Waals surface area contributed by atoms with Gasteiger partial charge in [-0.3, -0.25) is 14.5 Å². The lowest BCUT2D eigenvalue weighted by Gasteiger charge is -2.20. The maximum absolute atomic E-state index is 13.3. The molecule has 1 unspecified atom stereocenters. The minimum absolute atomic E-state index is 0.0796. The van der Waals surface area contributed by atoms with Gasteiger partial charge in [0.25, 0.3) is 5.91 Å². The number of hydrogen-bond acceptors (Lipinski definition) is 6. The number of carbonyl (C=O) groups excluding carboxylic acids is 2. The second-order valence-corrected chi connectivity index (χ2v) is 8.87. The minimum Gasteiger partial charge on any atom is -0.454 e. The summed E-state index contributed by atoms with van der Waals surface area (Å²) < 4.78 is 10.8. The van der Waals surface area contributed by atoms with E-state index in [-0.39, 0.29) is 18.6 Å². The van der Waals surface area contributed by atoms with E-state index in [0.29, 0.717) is 34.6 Å². The number of hydrogen-bond donors (Lipinski definition) is 1. The number of nitrogens with one attached hydrogen (secondary N) is 1. The lowest BCUT2D eigenvalue weighted by atomic mass is 10.1. The minimum atomic E-state index is -0.397. The van der Waals surface area contributed by atoms with Crippen LogP contribution in [-0.2, 0) is 9.59 Å². The number of carbonyl (C=O) groups is 2. The summed E-state index contributed by atoms with van der Waals surface area (Å²) >= 11 is 1.27. The fourth-order valence-corrected chi connectivity index (χ4v) is 4.21. The van der Waals surface area contributed by atoms with Crippen molar-refractivity contribution < 1.29 is 19.1 Å². The standard InChI is InChI=1S/C24H25N3O4S/c1-4-11-25-22(28)16(3)32-24-26-19(12-17-7-10-20-21(13-17)31-14-30-20)23(29)27(24)18-8-5-15(2)6-9-18/h5-10,12-13,16H,4,11,14H2,1-3H3,(H,25,28)/b19-12-. The van der Waals surface area contributed by atoms with E-state index in [0.717, 1.165) is 17.5 Å². The molecule has 0 saturated heterocycles. The molecular weight excluding hydrogens is 426 g/mol. The topological polar surface area (TPSA) is 80.2 Å². The molecule has 0 radical (unpaired) electrons. The van der Waals surface area contributed by atoms with Crippen LogP contribution >= 0.6 is 11.8 Å². The molecule has 2 aromatic rings. The number of amides is 2. The summed E-state index contributed by atoms with van der Waals surface area (Å²) in [4.78, 5) is 31.9. The average Bonchev–Trinajstić information content (AvgIpc) is 3.37. The van der Waals surface area contributed by atoms with Crippen molar-refractivity contribution in [3.05, 3.63) is 59.3 Å². The summed E-state index contributed by atoms with van der Waals surface area (Å²) in [6, 6.07) is 13.1. The molecule has 0 fully saturated rings. The molecule has 166 valence electrons. The van der Waals surface area contributed by atoms with Gasteiger partial charge in [-0.2, -0.15) is 0 Å². The Balaban J connectivity index is 1.64. The van der Waals surface area contributed by atoms with Crippen molar-refractivity contribution in [3.63, 3.8) is 0 Å². The summed E-state index contributed by atoms with van der Waals surface area (Å²) in [5, 5.41) is 2.98. The van der Waals surface area contributed by atoms with E-state index in [1.807, 2.05) is 63.2 Å². The van der Waals surface area contributed by atoms with Gasteiger partial charge in [0, 0.05) is 6.54 Å². The van der Waals surface area contributed by atoms with E-state index in [2.05, 4.69) is 10.3 Å². The van der Waals surface area contributed by atoms with Crippen LogP contribution < -0.4 is 19.7 Å². The zero-order valence-corrected chi connectivity index (χ0v) is 19.1. The van der Waals surface area contributed by atoms with Crippen molar-refractivity contribution in [2.45, 2.75) is 32.4 Å². The zero-order valence-electron chi connectivity index (χ0n) is 18.3. The zero-order chi connectivity index (χ0) is 22.7. The summed E-state index contributed by atoms with van der Waals surface area (Å²) in [7, 11) is 0. The molecule has 0 saturated carbocycles. The fraction of sp³-hybridized carbons (Fsp3) is 0.292. The van der Waals surface area contributed by atoms with Gasteiger partial charge in [-0.25, -0.2) is 4.99 Å². The number of thioether (sulfide) groups is 1. The molecule has 0 bridgehead atoms. The van der Waals surface area contributed by atoms with Crippen LogP contribution in [0.15, 0.2) is 53.2 Å². The van der Waals surface area contributed by atoms with Crippen LogP contribution in [0.25, 0.3) is 6.08 Å². The molecule has 0 spiro atoms. The number of anilines is 1. The third-order valence-corrected chi connectivity index (χ3v) is 6.07. The second kappa shape index (κ2) is 9.48. The number of amidine groups is 1. The van der Waals surface area contributed by atoms with Crippen molar-refractivity contribution in [2.24, 2.45) is 4.99 Å². The van der Waals surface area contributed by atoms with E-state index in [9.17, 15) is 9.59 Å². The van der Waals surface area contributed by atoms with Crippen LogP contribution in [0, 0.1) is 6.92 Å². The van der Waals surface area contributed by atoms with E-state index in [1.165, 1.54) is 11.8 Å². The van der Waals surface area contributed by atoms with Crippen LogP contribution in [-0.4, -0.2) is 35.6 Å². The number of benzene rings is 2. The molecule has 0 aromatic heterocycles. The first kappa shape index (κ1) is 22.0. The van der Waals surface area contributed by atoms with Crippen molar-refractivity contribution in [2.75, 3.05) is 18.2 Å². The fourth-order valence-electron chi connectivity index (χ4n) is 3.26. The van der Waals surface area contributed by atoms with Gasteiger partial charge in [0.2, 0.25) is 12.7 Å². The van der Waals surface area contributed by atoms with Crippen LogP contribution in [0.5, 0.6) is 11.5 Å². The van der Waals surface area contributed by atoms with Gasteiger partial charge in [-0.05, 0) is 56.2 Å². The van der Waals surface area contributed by atoms with Crippen molar-refractivity contribution >= 4 is 40.5 Å². The normalized spacial score (nSPS) is 17.0. The highest BCUT2D eigenvalue weighted by molar-refractivity contribution is 8.15. The van der Waals surface area contributed by atoms with E-state index in [1.54, 1.807) is 11.0 Å². The summed E-state index contributed by atoms with van der Waals surface area (Å²) in [6.07, 6.45) is 2.58. The first-order valence-corrected chi connectivity index (χ1v) is 11.4. The van der Waals surface area contributed by atoms with Crippen LogP contribution in [0.2, 0.25) is 0 Å². The lowest BCUT2D eigenvalue weighted by molar-refractivity contribution is -0.120. The molecular formula is C24H25N3O4S. The first-order chi connectivity index (χ1) is 15.5. The highest BCUT2D eigenvalue weighted by Crippen LogP contribution is 2.35. The summed E-state index contributed by atoms with van der Waals surface area (Å²) in [5.41, 5.74) is 2.88.